The van der Waals surface area contributed by atoms with Crippen LogP contribution in [0.1, 0.15) is 73.7 Å². The Hall–Kier alpha value is -6.74. The number of nitrogens with one attached hydrogen (secondary N) is 1. The van der Waals surface area contributed by atoms with Gasteiger partial charge in [0.15, 0.2) is 34.5 Å². The van der Waals surface area contributed by atoms with Crippen molar-refractivity contribution in [2.24, 2.45) is 0 Å². The fourth-order valence-electron chi connectivity index (χ4n) is 9.75. The lowest BCUT2D eigenvalue weighted by molar-refractivity contribution is -0.210. The zero-order chi connectivity index (χ0) is 47.0. The van der Waals surface area contributed by atoms with Crippen molar-refractivity contribution in [3.05, 3.63) is 118 Å². The van der Waals surface area contributed by atoms with E-state index >= 15 is 0 Å². The maximum absolute atomic E-state index is 14.4. The second-order valence-electron chi connectivity index (χ2n) is 16.7. The van der Waals surface area contributed by atoms with Crippen molar-refractivity contribution in [1.29, 1.82) is 0 Å². The summed E-state index contributed by atoms with van der Waals surface area (Å²) in [5, 5.41) is 81.0. The molecule has 0 radical (unpaired) electrons. The number of hydrogen-bond donors (Lipinski definition) is 8. The fourth-order valence-corrected chi connectivity index (χ4v) is 9.75. The van der Waals surface area contributed by atoms with Gasteiger partial charge in [-0.25, -0.2) is 9.59 Å². The topological polar surface area (TPSA) is 309 Å². The number of hydrogen-bond acceptors (Lipinski definition) is 18. The van der Waals surface area contributed by atoms with Gasteiger partial charge in [0, 0.05) is 61.1 Å². The number of carbonyl (C=O) groups excluding carboxylic acids is 5. The molecule has 0 spiro atoms. The van der Waals surface area contributed by atoms with Crippen LogP contribution < -0.4 is 10.9 Å². The van der Waals surface area contributed by atoms with Crippen LogP contribution >= 0.6 is 0 Å². The normalized spacial score (nSPS) is 32.8. The van der Waals surface area contributed by atoms with Crippen LogP contribution in [-0.2, 0) is 38.1 Å². The van der Waals surface area contributed by atoms with Crippen LogP contribution in [-0.4, -0.2) is 112 Å². The zero-order valence-corrected chi connectivity index (χ0v) is 34.8. The summed E-state index contributed by atoms with van der Waals surface area (Å²) in [6, 6.07) is 6.25. The number of Topliss-reactive ketones (excluding diaryl/α,β-unsaturated/α-hetero) is 1. The molecule has 5 aliphatic rings. The molecule has 2 saturated heterocycles. The Morgan fingerprint density at radius 3 is 2.31 bits per heavy atom. The van der Waals surface area contributed by atoms with Gasteiger partial charge in [0.2, 0.25) is 17.3 Å². The Balaban J connectivity index is 0.945. The lowest BCUT2D eigenvalue weighted by Gasteiger charge is -2.54. The molecule has 0 unspecified atom stereocenters. The maximum Gasteiger partial charge on any atom is 0.364 e. The van der Waals surface area contributed by atoms with Gasteiger partial charge in [0.1, 0.15) is 34.9 Å². The lowest BCUT2D eigenvalue weighted by atomic mass is 9.50. The van der Waals surface area contributed by atoms with Crippen molar-refractivity contribution in [2.75, 3.05) is 5.32 Å². The third-order valence-corrected chi connectivity index (χ3v) is 12.6. The van der Waals surface area contributed by atoms with E-state index in [4.69, 9.17) is 23.4 Å². The number of aliphatic hydroxyl groups excluding tert-OH is 2. The van der Waals surface area contributed by atoms with E-state index in [1.54, 1.807) is 6.92 Å². The molecule has 8 rings (SSSR count). The summed E-state index contributed by atoms with van der Waals surface area (Å²) >= 11 is 0. The van der Waals surface area contributed by atoms with Gasteiger partial charge in [0.05, 0.1) is 23.7 Å². The van der Waals surface area contributed by atoms with Gasteiger partial charge >= 0.3 is 17.6 Å². The van der Waals surface area contributed by atoms with Crippen LogP contribution in [0, 0.1) is 0 Å². The van der Waals surface area contributed by atoms with E-state index in [-0.39, 0.29) is 46.3 Å². The van der Waals surface area contributed by atoms with Gasteiger partial charge in [0.25, 0.3) is 0 Å². The summed E-state index contributed by atoms with van der Waals surface area (Å²) in [7, 11) is 0. The maximum atomic E-state index is 14.4. The highest BCUT2D eigenvalue weighted by Crippen LogP contribution is 2.73. The average molecular weight is 898 g/mol. The molecule has 3 fully saturated rings. The van der Waals surface area contributed by atoms with E-state index in [1.165, 1.54) is 67.6 Å². The van der Waals surface area contributed by atoms with E-state index in [0.29, 0.717) is 5.57 Å². The molecule has 8 N–H and O–H groups in total. The van der Waals surface area contributed by atoms with Gasteiger partial charge in [-0.1, -0.05) is 54.2 Å². The van der Waals surface area contributed by atoms with E-state index in [0.717, 1.165) is 31.2 Å². The first-order chi connectivity index (χ1) is 30.7. The average Bonchev–Trinajstić information content (AvgIpc) is 3.97. The number of allylic oxidation sites excluding steroid dienone is 6. The van der Waals surface area contributed by atoms with Crippen LogP contribution in [0.5, 0.6) is 17.2 Å². The molecule has 3 heterocycles. The molecule has 1 aromatic heterocycles. The van der Waals surface area contributed by atoms with E-state index < -0.39 is 118 Å². The van der Waals surface area contributed by atoms with Crippen molar-refractivity contribution in [3.8, 4) is 17.2 Å². The fraction of sp³-hybridized carbons (Fsp3) is 0.348. The molecule has 1 amide bonds. The molecule has 19 nitrogen and oxygen atoms in total. The van der Waals surface area contributed by atoms with Crippen LogP contribution in [0.2, 0.25) is 0 Å². The van der Waals surface area contributed by atoms with Crippen molar-refractivity contribution in [2.45, 2.75) is 99.1 Å². The number of esters is 2. The monoisotopic (exact) mass is 897 g/mol. The number of ketones is 2. The summed E-state index contributed by atoms with van der Waals surface area (Å²) in [4.78, 5) is 77.6. The van der Waals surface area contributed by atoms with Gasteiger partial charge in [-0.05, 0) is 32.1 Å². The minimum atomic E-state index is -2.88. The largest absolute Gasteiger partial charge is 0.508 e. The predicted octanol–water partition coefficient (Wildman–Crippen LogP) is 2.35. The molecule has 10 atom stereocenters. The number of anilines is 1. The highest BCUT2D eigenvalue weighted by Gasteiger charge is 2.96. The summed E-state index contributed by atoms with van der Waals surface area (Å²) in [5.74, 6) is -5.76. The first-order valence-corrected chi connectivity index (χ1v) is 20.3. The number of fused-ring (bicyclic) bond motifs is 3. The molecule has 65 heavy (non-hydrogen) atoms. The minimum Gasteiger partial charge on any atom is -0.508 e. The van der Waals surface area contributed by atoms with Crippen molar-refractivity contribution in [1.82, 2.24) is 0 Å². The number of carbonyl (C=O) groups is 5. The van der Waals surface area contributed by atoms with E-state index in [1.807, 2.05) is 0 Å². The lowest BCUT2D eigenvalue weighted by Crippen LogP contribution is -2.78. The van der Waals surface area contributed by atoms with Gasteiger partial charge in [-0.3, -0.25) is 19.2 Å². The van der Waals surface area contributed by atoms with E-state index in [9.17, 15) is 64.5 Å². The number of phenols is 2. The third kappa shape index (κ3) is 6.89. The smallest absolute Gasteiger partial charge is 0.364 e. The number of amides is 1. The summed E-state index contributed by atoms with van der Waals surface area (Å²) < 4.78 is 28.2. The zero-order valence-electron chi connectivity index (χ0n) is 34.8. The molecule has 340 valence electrons. The number of aromatic hydroxyl groups is 3. The van der Waals surface area contributed by atoms with E-state index in [2.05, 4.69) is 5.32 Å². The van der Waals surface area contributed by atoms with Crippen molar-refractivity contribution >= 4 is 46.1 Å². The number of epoxide rings is 1. The second kappa shape index (κ2) is 16.1. The molecule has 3 aliphatic carbocycles. The van der Waals surface area contributed by atoms with Crippen molar-refractivity contribution in [3.63, 3.8) is 0 Å². The van der Waals surface area contributed by atoms with Crippen molar-refractivity contribution < 1.29 is 83.1 Å². The van der Waals surface area contributed by atoms with Gasteiger partial charge < -0.3 is 64.4 Å². The molecule has 3 aromatic rings. The molecular weight excluding hydrogens is 854 g/mol. The summed E-state index contributed by atoms with van der Waals surface area (Å²) in [6.07, 6.45) is 2.65. The molecule has 0 bridgehead atoms. The minimum absolute atomic E-state index is 0.0123. The molecule has 2 aliphatic heterocycles. The Labute approximate surface area is 367 Å². The number of phenolic OH excluding ortho intramolecular Hbond substituents is 2. The highest BCUT2D eigenvalue weighted by molar-refractivity contribution is 6.17. The molecular formula is C46H43NO18. The molecule has 19 heteroatoms. The Kier molecular flexibility index (Phi) is 11.1. The Morgan fingerprint density at radius 2 is 1.60 bits per heavy atom. The number of ether oxygens (including phenoxy) is 4. The van der Waals surface area contributed by atoms with Gasteiger partial charge in [-0.2, -0.15) is 0 Å². The quantitative estimate of drug-likeness (QED) is 0.0502. The summed E-state index contributed by atoms with van der Waals surface area (Å²) in [6.45, 7) is 4.24. The first kappa shape index (κ1) is 44.9. The standard InChI is InChI=1S/C46H43NO18/c1-21-16-31(50)45(60)43(59,19-21)20-32(51)44-41(57)35-27(40(56)46(44,45)65-44)15-14-25(37(35)54)29-18-30(39(22(2)61-29)62-23(3)48)63-34(53)11-9-7-5-4-6-8-10-33(52)47-36-38(55)26-13-12-24(49)17-28(26)64-42(36)58/h4-17,22,29-30,32,39,41,49,51,54-55,57,59-60H,18-20H2,1-3H3,(H,47,52)/b6-4+,7-5+,10-8+,11-9+/t22-,29-,30-,32-,39+,41+,43+,44+,45-,46-/m0/s1. The SMILES string of the molecule is CC(=O)O[C@@H]1[C@H](C)O[C@H](c2ccc3c(c2O)[C@@H](O)[C@@]24O[C@]2(C3=O)[C@]2(O)C(=O)C=C(C)C[C@@]2(O)C[C@@H]4O)C[C@@H]1OC(=O)/C=C/C=C/C=C/C=C/C(=O)Nc1c(O)c2ccc(O)cc2oc1=O. The number of benzene rings is 2. The van der Waals surface area contributed by atoms with Crippen LogP contribution in [0.25, 0.3) is 11.0 Å². The summed E-state index contributed by atoms with van der Waals surface area (Å²) in [5.41, 5.74) is -12.0. The molecule has 1 saturated carbocycles. The number of aliphatic hydroxyl groups is 4. The molecule has 2 aromatic carbocycles. The predicted molar refractivity (Wildman–Crippen MR) is 222 cm³/mol. The van der Waals surface area contributed by atoms with Crippen LogP contribution in [0.15, 0.2) is 99.8 Å². The van der Waals surface area contributed by atoms with Gasteiger partial charge in [-0.15, -0.1) is 0 Å². The highest BCUT2D eigenvalue weighted by atomic mass is 16.7. The first-order valence-electron chi connectivity index (χ1n) is 20.3. The Morgan fingerprint density at radius 1 is 0.908 bits per heavy atom. The van der Waals surface area contributed by atoms with Crippen LogP contribution in [0.4, 0.5) is 5.69 Å². The third-order valence-electron chi connectivity index (χ3n) is 12.6. The van der Waals surface area contributed by atoms with Crippen LogP contribution in [0.3, 0.4) is 0 Å². The second-order valence-corrected chi connectivity index (χ2v) is 16.7. The Bertz CT molecular complexity index is 2780. The number of rotatable bonds is 9.